The van der Waals surface area contributed by atoms with E-state index in [2.05, 4.69) is 10.0 Å². The number of anilines is 2. The molecule has 0 aliphatic rings. The third-order valence-electron chi connectivity index (χ3n) is 7.30. The Morgan fingerprint density at radius 2 is 1.52 bits per heavy atom. The number of hydrogen-bond donors (Lipinski definition) is 2. The van der Waals surface area contributed by atoms with Crippen molar-refractivity contribution in [2.75, 3.05) is 29.5 Å². The first-order valence-electron chi connectivity index (χ1n) is 13.8. The summed E-state index contributed by atoms with van der Waals surface area (Å²) in [6, 6.07) is 17.2. The minimum atomic E-state index is -3.97. The van der Waals surface area contributed by atoms with Crippen molar-refractivity contribution in [1.82, 2.24) is 4.72 Å². The number of rotatable bonds is 11. The third kappa shape index (κ3) is 6.64. The van der Waals surface area contributed by atoms with Crippen LogP contribution in [-0.2, 0) is 29.6 Å². The van der Waals surface area contributed by atoms with Crippen molar-refractivity contribution >= 4 is 54.3 Å². The molecule has 234 valence electrons. The van der Waals surface area contributed by atoms with Crippen LogP contribution in [0.2, 0.25) is 0 Å². The average Bonchev–Trinajstić information content (AvgIpc) is 3.36. The van der Waals surface area contributed by atoms with Crippen LogP contribution in [0.4, 0.5) is 11.4 Å². The summed E-state index contributed by atoms with van der Waals surface area (Å²) < 4.78 is 64.9. The van der Waals surface area contributed by atoms with Gasteiger partial charge in [0.05, 0.1) is 23.4 Å². The number of carbonyl (C=O) groups excluding carboxylic acids is 2. The first-order chi connectivity index (χ1) is 20.7. The number of methoxy groups -OCH3 is 1. The molecule has 0 aliphatic heterocycles. The summed E-state index contributed by atoms with van der Waals surface area (Å²) in [5, 5.41) is 3.35. The second kappa shape index (κ2) is 12.8. The quantitative estimate of drug-likeness (QED) is 0.219. The number of benzene rings is 3. The predicted molar refractivity (Wildman–Crippen MR) is 170 cm³/mol. The molecule has 0 saturated heterocycles. The zero-order valence-electron chi connectivity index (χ0n) is 25.2. The van der Waals surface area contributed by atoms with Gasteiger partial charge in [0.15, 0.2) is 5.76 Å². The van der Waals surface area contributed by atoms with E-state index in [1.54, 1.807) is 82.3 Å². The van der Waals surface area contributed by atoms with Crippen LogP contribution in [0.3, 0.4) is 0 Å². The number of amides is 1. The Morgan fingerprint density at radius 1 is 0.932 bits per heavy atom. The van der Waals surface area contributed by atoms with Crippen molar-refractivity contribution in [3.8, 4) is 11.1 Å². The maximum atomic E-state index is 13.2. The van der Waals surface area contributed by atoms with E-state index in [-0.39, 0.29) is 22.3 Å². The summed E-state index contributed by atoms with van der Waals surface area (Å²) in [5.74, 6) is -1.47. The van der Waals surface area contributed by atoms with Gasteiger partial charge in [-0.15, -0.1) is 0 Å². The number of esters is 1. The molecule has 0 radical (unpaired) electrons. The van der Waals surface area contributed by atoms with Gasteiger partial charge in [-0.1, -0.05) is 44.2 Å². The van der Waals surface area contributed by atoms with Crippen LogP contribution in [0.1, 0.15) is 36.9 Å². The van der Waals surface area contributed by atoms with E-state index in [1.807, 2.05) is 0 Å². The van der Waals surface area contributed by atoms with Crippen LogP contribution >= 0.6 is 0 Å². The molecular formula is C31H35N3O8S2. The van der Waals surface area contributed by atoms with Crippen molar-refractivity contribution in [3.05, 3.63) is 78.1 Å². The lowest BCUT2D eigenvalue weighted by atomic mass is 10.1. The first-order valence-corrected chi connectivity index (χ1v) is 16.9. The molecule has 0 spiro atoms. The van der Waals surface area contributed by atoms with Gasteiger partial charge in [-0.2, -0.15) is 4.72 Å². The Bertz CT molecular complexity index is 1900. The molecule has 1 heterocycles. The fraction of sp³-hybridized carbons (Fsp3) is 0.290. The van der Waals surface area contributed by atoms with Gasteiger partial charge in [0.25, 0.3) is 5.91 Å². The van der Waals surface area contributed by atoms with Crippen molar-refractivity contribution in [3.63, 3.8) is 0 Å². The molecule has 44 heavy (non-hydrogen) atoms. The Hall–Kier alpha value is -4.20. The Labute approximate surface area is 257 Å². The number of hydrogen-bond acceptors (Lipinski definition) is 8. The number of furan rings is 1. The van der Waals surface area contributed by atoms with Crippen LogP contribution in [0, 0.1) is 12.8 Å². The number of aryl methyl sites for hydroxylation is 1. The Balaban J connectivity index is 1.51. The largest absolute Gasteiger partial charge is 0.468 e. The van der Waals surface area contributed by atoms with Gasteiger partial charge >= 0.3 is 5.97 Å². The van der Waals surface area contributed by atoms with E-state index < -0.39 is 38.0 Å². The fourth-order valence-electron chi connectivity index (χ4n) is 4.68. The number of sulfonamides is 2. The molecule has 0 bridgehead atoms. The highest BCUT2D eigenvalue weighted by atomic mass is 32.2. The van der Waals surface area contributed by atoms with Gasteiger partial charge in [-0.3, -0.25) is 13.9 Å². The van der Waals surface area contributed by atoms with Crippen molar-refractivity contribution < 1.29 is 35.6 Å². The highest BCUT2D eigenvalue weighted by Crippen LogP contribution is 2.35. The molecular weight excluding hydrogens is 606 g/mol. The molecule has 1 aromatic heterocycles. The minimum Gasteiger partial charge on any atom is -0.468 e. The zero-order chi connectivity index (χ0) is 32.4. The van der Waals surface area contributed by atoms with Gasteiger partial charge < -0.3 is 14.5 Å². The standard InChI is InChI=1S/C31H35N3O8S2/c1-7-43(37,38)34(5)25-9-8-10-26-27(25)20(4)29(42-26)30(35)32-23-15-11-21(12-16-23)22-13-17-24(18-14-22)44(39,40)33-28(19(2)3)31(36)41-6/h8-19,28,33H,7H2,1-6H3,(H,32,35)/t28-/m0/s1. The molecule has 0 unspecified atom stereocenters. The minimum absolute atomic E-state index is 0.00235. The number of fused-ring (bicyclic) bond motifs is 1. The maximum absolute atomic E-state index is 13.2. The molecule has 3 aromatic carbocycles. The molecule has 1 amide bonds. The van der Waals surface area contributed by atoms with E-state index in [0.717, 1.165) is 11.1 Å². The third-order valence-corrected chi connectivity index (χ3v) is 10.5. The average molecular weight is 642 g/mol. The van der Waals surface area contributed by atoms with E-state index >= 15 is 0 Å². The Morgan fingerprint density at radius 3 is 2.07 bits per heavy atom. The van der Waals surface area contributed by atoms with Gasteiger partial charge in [0.1, 0.15) is 11.6 Å². The van der Waals surface area contributed by atoms with E-state index in [1.165, 1.54) is 30.6 Å². The molecule has 4 aromatic rings. The second-order valence-corrected chi connectivity index (χ2v) is 14.5. The molecule has 11 nitrogen and oxygen atoms in total. The number of nitrogens with one attached hydrogen (secondary N) is 2. The van der Waals surface area contributed by atoms with E-state index in [9.17, 15) is 26.4 Å². The SMILES string of the molecule is CCS(=O)(=O)N(C)c1cccc2oc(C(=O)Nc3ccc(-c4ccc(S(=O)(=O)N[C@H](C(=O)OC)C(C)C)cc4)cc3)c(C)c12. The molecule has 1 atom stereocenters. The molecule has 0 fully saturated rings. The molecule has 13 heteroatoms. The van der Waals surface area contributed by atoms with E-state index in [0.29, 0.717) is 27.9 Å². The lowest BCUT2D eigenvalue weighted by Gasteiger charge is -2.19. The summed E-state index contributed by atoms with van der Waals surface area (Å²) in [4.78, 5) is 25.2. The van der Waals surface area contributed by atoms with Crippen molar-refractivity contribution in [2.45, 2.75) is 38.6 Å². The van der Waals surface area contributed by atoms with Crippen molar-refractivity contribution in [2.24, 2.45) is 5.92 Å². The van der Waals surface area contributed by atoms with Gasteiger partial charge in [-0.05, 0) is 67.3 Å². The topological polar surface area (TPSA) is 152 Å². The van der Waals surface area contributed by atoms with Crippen molar-refractivity contribution in [1.29, 1.82) is 0 Å². The summed E-state index contributed by atoms with van der Waals surface area (Å²) in [5.41, 5.74) is 3.34. The molecule has 2 N–H and O–H groups in total. The van der Waals surface area contributed by atoms with Gasteiger partial charge in [0.2, 0.25) is 20.0 Å². The van der Waals surface area contributed by atoms with Crippen LogP contribution in [0.25, 0.3) is 22.1 Å². The zero-order valence-corrected chi connectivity index (χ0v) is 26.9. The monoisotopic (exact) mass is 641 g/mol. The number of carbonyl (C=O) groups is 2. The van der Waals surface area contributed by atoms with Gasteiger partial charge in [0, 0.05) is 23.7 Å². The normalized spacial score (nSPS) is 12.7. The van der Waals surface area contributed by atoms with E-state index in [4.69, 9.17) is 9.15 Å². The highest BCUT2D eigenvalue weighted by molar-refractivity contribution is 7.92. The number of ether oxygens (including phenoxy) is 1. The van der Waals surface area contributed by atoms with Crippen LogP contribution in [0.15, 0.2) is 76.0 Å². The first kappa shape index (κ1) is 32.7. The molecule has 0 aliphatic carbocycles. The smallest absolute Gasteiger partial charge is 0.324 e. The van der Waals surface area contributed by atoms with Crippen LogP contribution in [-0.4, -0.2) is 54.7 Å². The van der Waals surface area contributed by atoms with Gasteiger partial charge in [-0.25, -0.2) is 16.8 Å². The summed E-state index contributed by atoms with van der Waals surface area (Å²) in [7, 11) is -4.83. The predicted octanol–water partition coefficient (Wildman–Crippen LogP) is 4.92. The van der Waals surface area contributed by atoms with Crippen LogP contribution < -0.4 is 14.3 Å². The molecule has 0 saturated carbocycles. The summed E-state index contributed by atoms with van der Waals surface area (Å²) in [6.45, 7) is 6.70. The maximum Gasteiger partial charge on any atom is 0.324 e. The summed E-state index contributed by atoms with van der Waals surface area (Å²) in [6.07, 6.45) is 0. The number of nitrogens with zero attached hydrogens (tertiary/aromatic N) is 1. The van der Waals surface area contributed by atoms with Crippen LogP contribution in [0.5, 0.6) is 0 Å². The summed E-state index contributed by atoms with van der Waals surface area (Å²) >= 11 is 0. The molecule has 4 rings (SSSR count). The lowest BCUT2D eigenvalue weighted by molar-refractivity contribution is -0.143. The fourth-order valence-corrected chi connectivity index (χ4v) is 6.86. The highest BCUT2D eigenvalue weighted by Gasteiger charge is 2.29. The Kier molecular flexibility index (Phi) is 9.52. The second-order valence-electron chi connectivity index (χ2n) is 10.5. The lowest BCUT2D eigenvalue weighted by Crippen LogP contribution is -2.44.